The van der Waals surface area contributed by atoms with Crippen LogP contribution in [0.4, 0.5) is 0 Å². The van der Waals surface area contributed by atoms with Gasteiger partial charge >= 0.3 is 0 Å². The number of amides is 2. The molecule has 7 nitrogen and oxygen atoms in total. The lowest BCUT2D eigenvalue weighted by Gasteiger charge is -2.21. The van der Waals surface area contributed by atoms with Gasteiger partial charge in [0.1, 0.15) is 0 Å². The predicted octanol–water partition coefficient (Wildman–Crippen LogP) is 3.89. The van der Waals surface area contributed by atoms with Crippen molar-refractivity contribution in [2.45, 2.75) is 90.9 Å². The molecule has 0 heterocycles. The van der Waals surface area contributed by atoms with Crippen molar-refractivity contribution in [1.82, 2.24) is 10.2 Å². The number of rotatable bonds is 23. The van der Waals surface area contributed by atoms with Crippen molar-refractivity contribution in [3.05, 3.63) is 0 Å². The summed E-state index contributed by atoms with van der Waals surface area (Å²) in [6.07, 6.45) is 13.7. The molecule has 1 unspecified atom stereocenters. The fraction of sp³-hybridized carbons (Fsp3) is 0.920. The van der Waals surface area contributed by atoms with Gasteiger partial charge in [0.05, 0.1) is 26.4 Å². The summed E-state index contributed by atoms with van der Waals surface area (Å²) in [5, 5.41) is 2.86. The van der Waals surface area contributed by atoms with E-state index in [2.05, 4.69) is 12.2 Å². The van der Waals surface area contributed by atoms with Gasteiger partial charge in [-0.15, -0.1) is 0 Å². The summed E-state index contributed by atoms with van der Waals surface area (Å²) in [7, 11) is 1.84. The molecule has 32 heavy (non-hydrogen) atoms. The van der Waals surface area contributed by atoms with Crippen LogP contribution in [0.2, 0.25) is 0 Å². The Morgan fingerprint density at radius 3 is 2.03 bits per heavy atom. The van der Waals surface area contributed by atoms with Crippen molar-refractivity contribution >= 4 is 11.8 Å². The van der Waals surface area contributed by atoms with Gasteiger partial charge in [0.2, 0.25) is 11.8 Å². The number of ether oxygens (including phenoxy) is 2. The maximum absolute atomic E-state index is 12.3. The fourth-order valence-corrected chi connectivity index (χ4v) is 3.64. The highest BCUT2D eigenvalue weighted by Crippen LogP contribution is 2.12. The van der Waals surface area contributed by atoms with E-state index < -0.39 is 0 Å². The number of hydrogen-bond donors (Lipinski definition) is 2. The normalized spacial score (nSPS) is 12.0. The van der Waals surface area contributed by atoms with Crippen molar-refractivity contribution in [3.8, 4) is 0 Å². The topological polar surface area (TPSA) is 93.9 Å². The van der Waals surface area contributed by atoms with Crippen molar-refractivity contribution in [3.63, 3.8) is 0 Å². The quantitative estimate of drug-likeness (QED) is 0.227. The minimum absolute atomic E-state index is 0.00368. The van der Waals surface area contributed by atoms with Crippen molar-refractivity contribution in [1.29, 1.82) is 0 Å². The molecule has 0 aromatic rings. The van der Waals surface area contributed by atoms with E-state index in [0.29, 0.717) is 58.9 Å². The molecule has 0 aliphatic rings. The average molecular weight is 458 g/mol. The second-order valence-electron chi connectivity index (χ2n) is 8.88. The molecule has 0 aromatic heterocycles. The summed E-state index contributed by atoms with van der Waals surface area (Å²) in [5.41, 5.74) is 5.33. The van der Waals surface area contributed by atoms with Crippen LogP contribution in [-0.2, 0) is 19.1 Å². The van der Waals surface area contributed by atoms with Crippen LogP contribution in [0.3, 0.4) is 0 Å². The summed E-state index contributed by atoms with van der Waals surface area (Å²) in [4.78, 5) is 26.1. The Labute approximate surface area is 197 Å². The summed E-state index contributed by atoms with van der Waals surface area (Å²) in [6, 6.07) is 0. The van der Waals surface area contributed by atoms with Gasteiger partial charge in [-0.2, -0.15) is 0 Å². The first-order valence-corrected chi connectivity index (χ1v) is 12.9. The molecule has 0 rings (SSSR count). The standard InChI is InChI=1S/C25H51N3O4/c1-4-5-6-7-8-9-10-11-12-13-14-25(30)28(3)22-23(2)21-24(29)27-16-18-32-20-19-31-17-15-26/h23H,4-22,26H2,1-3H3,(H,27,29). The largest absolute Gasteiger partial charge is 0.378 e. The van der Waals surface area contributed by atoms with E-state index in [1.54, 1.807) is 4.90 Å². The Balaban J connectivity index is 3.63. The van der Waals surface area contributed by atoms with Gasteiger partial charge < -0.3 is 25.4 Å². The SMILES string of the molecule is CCCCCCCCCCCCC(=O)N(C)CC(C)CC(=O)NCCOCCOCCN. The molecule has 0 aliphatic heterocycles. The highest BCUT2D eigenvalue weighted by atomic mass is 16.5. The van der Waals surface area contributed by atoms with Crippen molar-refractivity contribution in [2.75, 3.05) is 53.1 Å². The van der Waals surface area contributed by atoms with Gasteiger partial charge in [0.15, 0.2) is 0 Å². The molecule has 190 valence electrons. The van der Waals surface area contributed by atoms with Gasteiger partial charge in [0.25, 0.3) is 0 Å². The van der Waals surface area contributed by atoms with E-state index in [4.69, 9.17) is 15.2 Å². The Bertz CT molecular complexity index is 449. The summed E-state index contributed by atoms with van der Waals surface area (Å²) < 4.78 is 10.6. The molecule has 1 atom stereocenters. The van der Waals surface area contributed by atoms with E-state index in [9.17, 15) is 9.59 Å². The monoisotopic (exact) mass is 457 g/mol. The molecule has 0 radical (unpaired) electrons. The van der Waals surface area contributed by atoms with E-state index in [1.165, 1.54) is 51.4 Å². The molecule has 0 saturated heterocycles. The zero-order valence-electron chi connectivity index (χ0n) is 21.2. The predicted molar refractivity (Wildman–Crippen MR) is 132 cm³/mol. The smallest absolute Gasteiger partial charge is 0.222 e. The van der Waals surface area contributed by atoms with Crippen molar-refractivity contribution in [2.24, 2.45) is 11.7 Å². The molecule has 0 aliphatic carbocycles. The van der Waals surface area contributed by atoms with Crippen LogP contribution in [-0.4, -0.2) is 69.8 Å². The molecular weight excluding hydrogens is 406 g/mol. The number of nitrogens with two attached hydrogens (primary N) is 1. The first kappa shape index (κ1) is 30.8. The second kappa shape index (κ2) is 23.0. The Hall–Kier alpha value is -1.18. The lowest BCUT2D eigenvalue weighted by Crippen LogP contribution is -2.34. The number of carbonyl (C=O) groups excluding carboxylic acids is 2. The van der Waals surface area contributed by atoms with Gasteiger partial charge in [-0.1, -0.05) is 71.6 Å². The number of unbranched alkanes of at least 4 members (excludes halogenated alkanes) is 9. The Morgan fingerprint density at radius 1 is 0.875 bits per heavy atom. The van der Waals surface area contributed by atoms with E-state index in [-0.39, 0.29) is 17.7 Å². The van der Waals surface area contributed by atoms with E-state index in [0.717, 1.165) is 12.8 Å². The summed E-state index contributed by atoms with van der Waals surface area (Å²) in [6.45, 7) is 7.87. The molecule has 0 fully saturated rings. The minimum atomic E-state index is -0.00368. The first-order chi connectivity index (χ1) is 15.5. The van der Waals surface area contributed by atoms with Crippen LogP contribution < -0.4 is 11.1 Å². The van der Waals surface area contributed by atoms with E-state index >= 15 is 0 Å². The zero-order valence-corrected chi connectivity index (χ0v) is 21.2. The first-order valence-electron chi connectivity index (χ1n) is 12.9. The minimum Gasteiger partial charge on any atom is -0.378 e. The number of hydrogen-bond acceptors (Lipinski definition) is 5. The van der Waals surface area contributed by atoms with Crippen molar-refractivity contribution < 1.29 is 19.1 Å². The number of nitrogens with zero attached hydrogens (tertiary/aromatic N) is 1. The highest BCUT2D eigenvalue weighted by molar-refractivity contribution is 5.77. The lowest BCUT2D eigenvalue weighted by molar-refractivity contribution is -0.131. The van der Waals surface area contributed by atoms with Crippen LogP contribution in [0, 0.1) is 5.92 Å². The van der Waals surface area contributed by atoms with E-state index in [1.807, 2.05) is 14.0 Å². The van der Waals surface area contributed by atoms with Gasteiger partial charge in [0, 0.05) is 39.5 Å². The molecule has 3 N–H and O–H groups in total. The van der Waals surface area contributed by atoms with Gasteiger partial charge in [-0.3, -0.25) is 9.59 Å². The average Bonchev–Trinajstić information content (AvgIpc) is 2.76. The van der Waals surface area contributed by atoms with Crippen LogP contribution in [0.25, 0.3) is 0 Å². The van der Waals surface area contributed by atoms with Crippen LogP contribution in [0.15, 0.2) is 0 Å². The third-order valence-electron chi connectivity index (χ3n) is 5.49. The third-order valence-corrected chi connectivity index (χ3v) is 5.49. The molecule has 0 bridgehead atoms. The second-order valence-corrected chi connectivity index (χ2v) is 8.88. The molecule has 0 spiro atoms. The molecular formula is C25H51N3O4. The summed E-state index contributed by atoms with van der Waals surface area (Å²) in [5.74, 6) is 0.306. The molecule has 0 saturated carbocycles. The Morgan fingerprint density at radius 2 is 1.44 bits per heavy atom. The lowest BCUT2D eigenvalue weighted by atomic mass is 10.0. The fourth-order valence-electron chi connectivity index (χ4n) is 3.64. The maximum Gasteiger partial charge on any atom is 0.222 e. The molecule has 7 heteroatoms. The van der Waals surface area contributed by atoms with Gasteiger partial charge in [-0.05, 0) is 12.3 Å². The van der Waals surface area contributed by atoms with Crippen LogP contribution in [0.1, 0.15) is 90.9 Å². The zero-order chi connectivity index (χ0) is 23.9. The number of nitrogens with one attached hydrogen (secondary N) is 1. The third kappa shape index (κ3) is 20.7. The maximum atomic E-state index is 12.3. The highest BCUT2D eigenvalue weighted by Gasteiger charge is 2.15. The van der Waals surface area contributed by atoms with Crippen LogP contribution >= 0.6 is 0 Å². The van der Waals surface area contributed by atoms with Crippen LogP contribution in [0.5, 0.6) is 0 Å². The van der Waals surface area contributed by atoms with Gasteiger partial charge in [-0.25, -0.2) is 0 Å². The molecule has 2 amide bonds. The molecule has 0 aromatic carbocycles. The number of carbonyl (C=O) groups is 2. The summed E-state index contributed by atoms with van der Waals surface area (Å²) >= 11 is 0. The Kier molecular flexibility index (Phi) is 22.1.